The van der Waals surface area contributed by atoms with Gasteiger partial charge in [0.15, 0.2) is 0 Å². The minimum absolute atomic E-state index is 0.0349. The second-order valence-electron chi connectivity index (χ2n) is 6.52. The molecule has 1 aromatic carbocycles. The molecule has 1 N–H and O–H groups in total. The van der Waals surface area contributed by atoms with E-state index in [0.29, 0.717) is 27.4 Å². The highest BCUT2D eigenvalue weighted by molar-refractivity contribution is 6.36. The molecule has 1 atom stereocenters. The minimum atomic E-state index is -0.0349. The summed E-state index contributed by atoms with van der Waals surface area (Å²) >= 11 is 12.1. The van der Waals surface area contributed by atoms with Crippen LogP contribution in [0.1, 0.15) is 48.8 Å². The predicted octanol–water partition coefficient (Wildman–Crippen LogP) is 5.24. The first-order chi connectivity index (χ1) is 12.5. The van der Waals surface area contributed by atoms with Crippen LogP contribution in [0.5, 0.6) is 0 Å². The van der Waals surface area contributed by atoms with Gasteiger partial charge in [-0.05, 0) is 56.9 Å². The molecule has 0 aliphatic carbocycles. The number of nitrogens with one attached hydrogen (secondary N) is 1. The van der Waals surface area contributed by atoms with Gasteiger partial charge in [-0.15, -0.1) is 0 Å². The number of carbonyl (C=O) groups is 1. The highest BCUT2D eigenvalue weighted by atomic mass is 35.5. The van der Waals surface area contributed by atoms with Gasteiger partial charge in [-0.25, -0.2) is 9.97 Å². The lowest BCUT2D eigenvalue weighted by Gasteiger charge is -2.35. The molecule has 0 saturated carbocycles. The van der Waals surface area contributed by atoms with E-state index in [1.807, 2.05) is 11.8 Å². The van der Waals surface area contributed by atoms with Gasteiger partial charge in [0.25, 0.3) is 5.91 Å². The Balaban J connectivity index is 1.86. The van der Waals surface area contributed by atoms with Crippen LogP contribution in [0.2, 0.25) is 10.0 Å². The standard InChI is InChI=1S/C19H22Cl2N4O/c1-3-14-6-4-5-9-25(14)18(26)17-10-12(2)22-19(24-17)23-16-8-7-13(20)11-15(16)21/h7-8,10-11,14H,3-6,9H2,1-2H3,(H,22,23,24). The van der Waals surface area contributed by atoms with E-state index in [1.54, 1.807) is 24.3 Å². The number of nitrogens with zero attached hydrogens (tertiary/aromatic N) is 3. The van der Waals surface area contributed by atoms with Crippen LogP contribution >= 0.6 is 23.2 Å². The molecule has 2 heterocycles. The number of aromatic nitrogens is 2. The van der Waals surface area contributed by atoms with Gasteiger partial charge >= 0.3 is 0 Å². The van der Waals surface area contributed by atoms with Crippen LogP contribution in [-0.4, -0.2) is 33.4 Å². The van der Waals surface area contributed by atoms with Crippen molar-refractivity contribution in [3.8, 4) is 0 Å². The first-order valence-electron chi connectivity index (χ1n) is 8.86. The van der Waals surface area contributed by atoms with Crippen molar-refractivity contribution in [2.24, 2.45) is 0 Å². The van der Waals surface area contributed by atoms with Crippen molar-refractivity contribution in [3.63, 3.8) is 0 Å². The molecule has 0 spiro atoms. The summed E-state index contributed by atoms with van der Waals surface area (Å²) in [6.45, 7) is 4.75. The smallest absolute Gasteiger partial charge is 0.272 e. The summed E-state index contributed by atoms with van der Waals surface area (Å²) in [7, 11) is 0. The number of benzene rings is 1. The number of hydrogen-bond donors (Lipinski definition) is 1. The molecular weight excluding hydrogens is 371 g/mol. The summed E-state index contributed by atoms with van der Waals surface area (Å²) in [5, 5.41) is 4.10. The third-order valence-corrected chi connectivity index (χ3v) is 5.16. The Hall–Kier alpha value is -1.85. The summed E-state index contributed by atoms with van der Waals surface area (Å²) in [6, 6.07) is 7.16. The lowest BCUT2D eigenvalue weighted by Crippen LogP contribution is -2.43. The van der Waals surface area contributed by atoms with E-state index in [0.717, 1.165) is 31.5 Å². The van der Waals surface area contributed by atoms with Crippen LogP contribution in [0.4, 0.5) is 11.6 Å². The number of likely N-dealkylation sites (tertiary alicyclic amines) is 1. The highest BCUT2D eigenvalue weighted by Gasteiger charge is 2.27. The molecule has 3 rings (SSSR count). The van der Waals surface area contributed by atoms with Gasteiger partial charge in [0.05, 0.1) is 10.7 Å². The maximum absolute atomic E-state index is 13.0. The third kappa shape index (κ3) is 4.27. The Morgan fingerprint density at radius 2 is 2.08 bits per heavy atom. The SMILES string of the molecule is CCC1CCCCN1C(=O)c1cc(C)nc(Nc2ccc(Cl)cc2Cl)n1. The Morgan fingerprint density at radius 1 is 1.27 bits per heavy atom. The third-order valence-electron chi connectivity index (χ3n) is 4.61. The molecule has 1 aliphatic rings. The van der Waals surface area contributed by atoms with Crippen molar-refractivity contribution < 1.29 is 4.79 Å². The van der Waals surface area contributed by atoms with E-state index in [2.05, 4.69) is 22.2 Å². The van der Waals surface area contributed by atoms with Crippen molar-refractivity contribution in [3.05, 3.63) is 45.7 Å². The van der Waals surface area contributed by atoms with Gasteiger partial charge in [-0.1, -0.05) is 30.1 Å². The molecule has 0 bridgehead atoms. The van der Waals surface area contributed by atoms with Gasteiger partial charge < -0.3 is 10.2 Å². The molecule has 1 saturated heterocycles. The van der Waals surface area contributed by atoms with E-state index >= 15 is 0 Å². The number of carbonyl (C=O) groups excluding carboxylic acids is 1. The normalized spacial score (nSPS) is 17.2. The average Bonchev–Trinajstić information content (AvgIpc) is 2.63. The fraction of sp³-hybridized carbons (Fsp3) is 0.421. The summed E-state index contributed by atoms with van der Waals surface area (Å²) in [4.78, 5) is 23.8. The molecular formula is C19H22Cl2N4O. The maximum atomic E-state index is 13.0. The Morgan fingerprint density at radius 3 is 2.81 bits per heavy atom. The van der Waals surface area contributed by atoms with Gasteiger partial charge in [0.2, 0.25) is 5.95 Å². The van der Waals surface area contributed by atoms with Crippen LogP contribution < -0.4 is 5.32 Å². The zero-order valence-corrected chi connectivity index (χ0v) is 16.4. The number of piperidine rings is 1. The molecule has 138 valence electrons. The molecule has 2 aromatic rings. The zero-order valence-electron chi connectivity index (χ0n) is 14.9. The van der Waals surface area contributed by atoms with E-state index in [9.17, 15) is 4.79 Å². The van der Waals surface area contributed by atoms with Crippen LogP contribution in [-0.2, 0) is 0 Å². The summed E-state index contributed by atoms with van der Waals surface area (Å²) < 4.78 is 0. The maximum Gasteiger partial charge on any atom is 0.272 e. The number of anilines is 2. The second-order valence-corrected chi connectivity index (χ2v) is 7.37. The summed E-state index contributed by atoms with van der Waals surface area (Å²) in [6.07, 6.45) is 4.23. The number of amides is 1. The molecule has 1 fully saturated rings. The van der Waals surface area contributed by atoms with E-state index in [4.69, 9.17) is 23.2 Å². The average molecular weight is 393 g/mol. The number of hydrogen-bond acceptors (Lipinski definition) is 4. The van der Waals surface area contributed by atoms with E-state index < -0.39 is 0 Å². The largest absolute Gasteiger partial charge is 0.334 e. The van der Waals surface area contributed by atoms with E-state index in [1.165, 1.54) is 6.42 Å². The van der Waals surface area contributed by atoms with Crippen LogP contribution in [0.3, 0.4) is 0 Å². The fourth-order valence-electron chi connectivity index (χ4n) is 3.28. The first-order valence-corrected chi connectivity index (χ1v) is 9.62. The summed E-state index contributed by atoms with van der Waals surface area (Å²) in [5.74, 6) is 0.315. The summed E-state index contributed by atoms with van der Waals surface area (Å²) in [5.41, 5.74) is 1.77. The van der Waals surface area contributed by atoms with Crippen molar-refractivity contribution >= 4 is 40.7 Å². The van der Waals surface area contributed by atoms with Crippen molar-refractivity contribution in [2.75, 3.05) is 11.9 Å². The first kappa shape index (κ1) is 18.9. The number of halogens is 2. The highest BCUT2D eigenvalue weighted by Crippen LogP contribution is 2.28. The molecule has 7 heteroatoms. The molecule has 1 amide bonds. The molecule has 0 radical (unpaired) electrons. The minimum Gasteiger partial charge on any atom is -0.334 e. The van der Waals surface area contributed by atoms with Crippen LogP contribution in [0.25, 0.3) is 0 Å². The fourth-order valence-corrected chi connectivity index (χ4v) is 3.74. The Kier molecular flexibility index (Phi) is 5.99. The monoisotopic (exact) mass is 392 g/mol. The van der Waals surface area contributed by atoms with Crippen LogP contribution in [0.15, 0.2) is 24.3 Å². The Bertz CT molecular complexity index is 812. The van der Waals surface area contributed by atoms with Crippen molar-refractivity contribution in [1.29, 1.82) is 0 Å². The van der Waals surface area contributed by atoms with Gasteiger partial charge in [0, 0.05) is 23.3 Å². The zero-order chi connectivity index (χ0) is 18.7. The number of rotatable bonds is 4. The van der Waals surface area contributed by atoms with Gasteiger partial charge in [-0.3, -0.25) is 4.79 Å². The van der Waals surface area contributed by atoms with E-state index in [-0.39, 0.29) is 11.9 Å². The number of aryl methyl sites for hydroxylation is 1. The quantitative estimate of drug-likeness (QED) is 0.772. The van der Waals surface area contributed by atoms with Crippen molar-refractivity contribution in [2.45, 2.75) is 45.6 Å². The molecule has 1 aromatic heterocycles. The van der Waals surface area contributed by atoms with Crippen molar-refractivity contribution in [1.82, 2.24) is 14.9 Å². The molecule has 1 aliphatic heterocycles. The topological polar surface area (TPSA) is 58.1 Å². The molecule has 1 unspecified atom stereocenters. The van der Waals surface area contributed by atoms with Gasteiger partial charge in [-0.2, -0.15) is 0 Å². The lowest BCUT2D eigenvalue weighted by atomic mass is 9.99. The molecule has 5 nitrogen and oxygen atoms in total. The molecule has 26 heavy (non-hydrogen) atoms. The Labute approximate surface area is 163 Å². The van der Waals surface area contributed by atoms with Gasteiger partial charge in [0.1, 0.15) is 5.69 Å². The lowest BCUT2D eigenvalue weighted by molar-refractivity contribution is 0.0602. The van der Waals surface area contributed by atoms with Crippen LogP contribution in [0, 0.1) is 6.92 Å². The second kappa shape index (κ2) is 8.23. The predicted molar refractivity (Wildman–Crippen MR) is 105 cm³/mol.